The van der Waals surface area contributed by atoms with E-state index in [9.17, 15) is 13.2 Å². The van der Waals surface area contributed by atoms with E-state index in [4.69, 9.17) is 10.6 Å². The van der Waals surface area contributed by atoms with E-state index in [0.717, 1.165) is 18.2 Å². The monoisotopic (exact) mass is 296 g/mol. The van der Waals surface area contributed by atoms with Gasteiger partial charge in [0, 0.05) is 0 Å². The van der Waals surface area contributed by atoms with Gasteiger partial charge in [-0.3, -0.25) is 11.3 Å². The summed E-state index contributed by atoms with van der Waals surface area (Å²) in [6, 6.07) is 6.93. The molecule has 0 amide bonds. The van der Waals surface area contributed by atoms with Crippen LogP contribution in [0.25, 0.3) is 0 Å². The zero-order chi connectivity index (χ0) is 15.4. The molecular formula is C15H15F3N2O. The van der Waals surface area contributed by atoms with Gasteiger partial charge in [0.1, 0.15) is 11.6 Å². The van der Waals surface area contributed by atoms with Gasteiger partial charge in [-0.05, 0) is 47.9 Å². The Kier molecular flexibility index (Phi) is 4.82. The SMILES string of the molecule is COc1cc(C(Cc2cc(F)ccc2F)NN)ccc1F. The number of ether oxygens (including phenoxy) is 1. The van der Waals surface area contributed by atoms with Crippen LogP contribution < -0.4 is 16.0 Å². The Morgan fingerprint density at radius 1 is 1.10 bits per heavy atom. The van der Waals surface area contributed by atoms with Crippen LogP contribution >= 0.6 is 0 Å². The Morgan fingerprint density at radius 3 is 2.48 bits per heavy atom. The summed E-state index contributed by atoms with van der Waals surface area (Å²) in [5.74, 6) is 3.98. The van der Waals surface area contributed by atoms with Crippen LogP contribution in [0.4, 0.5) is 13.2 Å². The quantitative estimate of drug-likeness (QED) is 0.659. The smallest absolute Gasteiger partial charge is 0.165 e. The van der Waals surface area contributed by atoms with Crippen molar-refractivity contribution in [1.82, 2.24) is 5.43 Å². The molecule has 2 aromatic rings. The average Bonchev–Trinajstić information content (AvgIpc) is 2.49. The molecule has 0 aliphatic carbocycles. The van der Waals surface area contributed by atoms with E-state index in [0.29, 0.717) is 5.56 Å². The fourth-order valence-electron chi connectivity index (χ4n) is 2.09. The largest absolute Gasteiger partial charge is 0.494 e. The molecule has 6 heteroatoms. The number of nitrogens with one attached hydrogen (secondary N) is 1. The lowest BCUT2D eigenvalue weighted by Crippen LogP contribution is -2.30. The molecular weight excluding hydrogens is 281 g/mol. The van der Waals surface area contributed by atoms with Gasteiger partial charge in [0.15, 0.2) is 11.6 Å². The van der Waals surface area contributed by atoms with Crippen LogP contribution in [0.5, 0.6) is 5.75 Å². The molecule has 2 aromatic carbocycles. The van der Waals surface area contributed by atoms with E-state index < -0.39 is 23.5 Å². The molecule has 2 rings (SSSR count). The van der Waals surface area contributed by atoms with E-state index in [2.05, 4.69) is 5.43 Å². The summed E-state index contributed by atoms with van der Waals surface area (Å²) in [7, 11) is 1.35. The normalized spacial score (nSPS) is 12.2. The molecule has 0 bridgehead atoms. The molecule has 0 radical (unpaired) electrons. The van der Waals surface area contributed by atoms with Crippen molar-refractivity contribution in [1.29, 1.82) is 0 Å². The van der Waals surface area contributed by atoms with Crippen molar-refractivity contribution < 1.29 is 17.9 Å². The van der Waals surface area contributed by atoms with E-state index in [1.807, 2.05) is 0 Å². The first-order chi connectivity index (χ1) is 10.0. The number of hydrogen-bond acceptors (Lipinski definition) is 3. The first kappa shape index (κ1) is 15.3. The van der Waals surface area contributed by atoms with Crippen molar-refractivity contribution in [2.45, 2.75) is 12.5 Å². The summed E-state index contributed by atoms with van der Waals surface area (Å²) in [6.45, 7) is 0. The third-order valence-electron chi connectivity index (χ3n) is 3.21. The summed E-state index contributed by atoms with van der Waals surface area (Å²) in [4.78, 5) is 0. The Balaban J connectivity index is 2.29. The minimum Gasteiger partial charge on any atom is -0.494 e. The van der Waals surface area contributed by atoms with Crippen molar-refractivity contribution in [3.8, 4) is 5.75 Å². The molecule has 1 atom stereocenters. The number of halogens is 3. The predicted octanol–water partition coefficient (Wildman–Crippen LogP) is 2.86. The molecule has 0 saturated carbocycles. The van der Waals surface area contributed by atoms with Gasteiger partial charge in [0.05, 0.1) is 13.2 Å². The van der Waals surface area contributed by atoms with Crippen molar-refractivity contribution in [3.05, 3.63) is 65.0 Å². The topological polar surface area (TPSA) is 47.3 Å². The van der Waals surface area contributed by atoms with Crippen molar-refractivity contribution >= 4 is 0 Å². The Hall–Kier alpha value is -2.05. The number of benzene rings is 2. The third-order valence-corrected chi connectivity index (χ3v) is 3.21. The maximum Gasteiger partial charge on any atom is 0.165 e. The maximum atomic E-state index is 13.7. The number of hydrogen-bond donors (Lipinski definition) is 2. The summed E-state index contributed by atoms with van der Waals surface area (Å²) in [6.07, 6.45) is 0.120. The van der Waals surface area contributed by atoms with Crippen molar-refractivity contribution in [2.24, 2.45) is 5.84 Å². The Bertz CT molecular complexity index is 634. The second-order valence-electron chi connectivity index (χ2n) is 4.55. The van der Waals surface area contributed by atoms with E-state index >= 15 is 0 Å². The van der Waals surface area contributed by atoms with Crippen LogP contribution in [0.1, 0.15) is 17.2 Å². The second-order valence-corrected chi connectivity index (χ2v) is 4.55. The van der Waals surface area contributed by atoms with E-state index in [1.165, 1.54) is 25.3 Å². The highest BCUT2D eigenvalue weighted by molar-refractivity contribution is 5.33. The van der Waals surface area contributed by atoms with Crippen molar-refractivity contribution in [3.63, 3.8) is 0 Å². The number of hydrazine groups is 1. The number of nitrogens with two attached hydrogens (primary N) is 1. The van der Waals surface area contributed by atoms with E-state index in [1.54, 1.807) is 0 Å². The molecule has 0 aliphatic heterocycles. The van der Waals surface area contributed by atoms with Gasteiger partial charge >= 0.3 is 0 Å². The van der Waals surface area contributed by atoms with Gasteiger partial charge in [-0.1, -0.05) is 6.07 Å². The predicted molar refractivity (Wildman–Crippen MR) is 73.1 cm³/mol. The second kappa shape index (κ2) is 6.60. The Labute approximate surface area is 120 Å². The van der Waals surface area contributed by atoms with E-state index in [-0.39, 0.29) is 17.7 Å². The van der Waals surface area contributed by atoms with Gasteiger partial charge < -0.3 is 4.74 Å². The lowest BCUT2D eigenvalue weighted by molar-refractivity contribution is 0.384. The molecule has 1 unspecified atom stereocenters. The lowest BCUT2D eigenvalue weighted by Gasteiger charge is -2.18. The minimum atomic E-state index is -0.529. The van der Waals surface area contributed by atoms with Crippen LogP contribution in [-0.4, -0.2) is 7.11 Å². The van der Waals surface area contributed by atoms with Gasteiger partial charge in [-0.2, -0.15) is 0 Å². The fraction of sp³-hybridized carbons (Fsp3) is 0.200. The fourth-order valence-corrected chi connectivity index (χ4v) is 2.09. The number of methoxy groups -OCH3 is 1. The lowest BCUT2D eigenvalue weighted by atomic mass is 9.98. The highest BCUT2D eigenvalue weighted by Crippen LogP contribution is 2.25. The first-order valence-electron chi connectivity index (χ1n) is 6.28. The van der Waals surface area contributed by atoms with Gasteiger partial charge in [0.25, 0.3) is 0 Å². The molecule has 3 nitrogen and oxygen atoms in total. The Morgan fingerprint density at radius 2 is 1.81 bits per heavy atom. The maximum absolute atomic E-state index is 13.7. The molecule has 0 spiro atoms. The molecule has 112 valence electrons. The molecule has 0 heterocycles. The van der Waals surface area contributed by atoms with Crippen LogP contribution in [-0.2, 0) is 6.42 Å². The van der Waals surface area contributed by atoms with Crippen LogP contribution in [0, 0.1) is 17.5 Å². The molecule has 0 aliphatic rings. The summed E-state index contributed by atoms with van der Waals surface area (Å²) >= 11 is 0. The van der Waals surface area contributed by atoms with Crippen LogP contribution in [0.2, 0.25) is 0 Å². The van der Waals surface area contributed by atoms with Gasteiger partial charge in [-0.25, -0.2) is 13.2 Å². The summed E-state index contributed by atoms with van der Waals surface area (Å²) in [5.41, 5.74) is 3.31. The molecule has 21 heavy (non-hydrogen) atoms. The minimum absolute atomic E-state index is 0.0625. The number of rotatable bonds is 5. The van der Waals surface area contributed by atoms with Crippen molar-refractivity contribution in [2.75, 3.05) is 7.11 Å². The standard InChI is InChI=1S/C15H15F3N2O/c1-21-15-8-9(2-4-13(15)18)14(20-19)7-10-6-11(16)3-5-12(10)17/h2-6,8,14,20H,7,19H2,1H3. The van der Waals surface area contributed by atoms with Crippen LogP contribution in [0.3, 0.4) is 0 Å². The zero-order valence-electron chi connectivity index (χ0n) is 11.4. The summed E-state index contributed by atoms with van der Waals surface area (Å²) in [5, 5.41) is 0. The molecule has 0 aromatic heterocycles. The van der Waals surface area contributed by atoms with Crippen LogP contribution in [0.15, 0.2) is 36.4 Å². The van der Waals surface area contributed by atoms with Gasteiger partial charge in [0.2, 0.25) is 0 Å². The van der Waals surface area contributed by atoms with Gasteiger partial charge in [-0.15, -0.1) is 0 Å². The molecule has 0 saturated heterocycles. The highest BCUT2D eigenvalue weighted by Gasteiger charge is 2.16. The third kappa shape index (κ3) is 3.53. The molecule has 0 fully saturated rings. The highest BCUT2D eigenvalue weighted by atomic mass is 19.1. The average molecular weight is 296 g/mol. The molecule has 3 N–H and O–H groups in total. The zero-order valence-corrected chi connectivity index (χ0v) is 11.4. The summed E-state index contributed by atoms with van der Waals surface area (Å²) < 4.78 is 45.2. The first-order valence-corrected chi connectivity index (χ1v) is 6.28.